The Morgan fingerprint density at radius 2 is 1.85 bits per heavy atom. The minimum absolute atomic E-state index is 0.0512. The quantitative estimate of drug-likeness (QED) is 0.628. The Bertz CT molecular complexity index is 820. The van der Waals surface area contributed by atoms with Crippen LogP contribution in [0.15, 0.2) is 52.7 Å². The van der Waals surface area contributed by atoms with Crippen LogP contribution in [0.2, 0.25) is 0 Å². The molecule has 2 aromatic rings. The van der Waals surface area contributed by atoms with Crippen LogP contribution in [0.25, 0.3) is 0 Å². The lowest BCUT2D eigenvalue weighted by atomic mass is 9.81. The SMILES string of the molecule is O=C1CC(CNS(=O)(=O)c2ccccc2)CCC1CNCCc1cccs1. The summed E-state index contributed by atoms with van der Waals surface area (Å²) in [5.41, 5.74) is 0. The molecule has 5 nitrogen and oxygen atoms in total. The number of carbonyl (C=O) groups excluding carboxylic acids is 1. The van der Waals surface area contributed by atoms with Gasteiger partial charge in [-0.15, -0.1) is 11.3 Å². The van der Waals surface area contributed by atoms with Crippen molar-refractivity contribution in [3.05, 3.63) is 52.7 Å². The first-order valence-electron chi connectivity index (χ1n) is 9.35. The van der Waals surface area contributed by atoms with Crippen molar-refractivity contribution in [2.75, 3.05) is 19.6 Å². The fraction of sp³-hybridized carbons (Fsp3) is 0.450. The predicted molar refractivity (Wildman–Crippen MR) is 108 cm³/mol. The molecule has 1 heterocycles. The zero-order valence-corrected chi connectivity index (χ0v) is 16.9. The Balaban J connectivity index is 1.39. The van der Waals surface area contributed by atoms with Crippen molar-refractivity contribution in [2.45, 2.75) is 30.6 Å². The number of nitrogens with one attached hydrogen (secondary N) is 2. The summed E-state index contributed by atoms with van der Waals surface area (Å²) in [6.07, 6.45) is 3.14. The highest BCUT2D eigenvalue weighted by Gasteiger charge is 2.29. The second-order valence-corrected chi connectivity index (χ2v) is 9.81. The molecule has 0 spiro atoms. The van der Waals surface area contributed by atoms with Crippen molar-refractivity contribution in [2.24, 2.45) is 11.8 Å². The van der Waals surface area contributed by atoms with Gasteiger partial charge in [-0.1, -0.05) is 24.3 Å². The average molecular weight is 407 g/mol. The second-order valence-electron chi connectivity index (χ2n) is 7.01. The number of hydrogen-bond donors (Lipinski definition) is 2. The number of thiophene rings is 1. The van der Waals surface area contributed by atoms with E-state index in [9.17, 15) is 13.2 Å². The standard InChI is InChI=1S/C20H26N2O3S2/c23-20-13-16(14-22-27(24,25)19-6-2-1-3-7-19)8-9-17(20)15-21-11-10-18-5-4-12-26-18/h1-7,12,16-17,21-22H,8-11,13-15H2. The van der Waals surface area contributed by atoms with Crippen LogP contribution in [0, 0.1) is 11.8 Å². The van der Waals surface area contributed by atoms with Gasteiger partial charge in [0.05, 0.1) is 4.90 Å². The van der Waals surface area contributed by atoms with E-state index in [4.69, 9.17) is 0 Å². The molecular weight excluding hydrogens is 380 g/mol. The molecule has 1 aromatic heterocycles. The number of rotatable bonds is 9. The minimum atomic E-state index is -3.50. The largest absolute Gasteiger partial charge is 0.316 e. The maximum atomic E-state index is 12.4. The number of benzene rings is 1. The third-order valence-electron chi connectivity index (χ3n) is 5.00. The molecule has 1 aromatic carbocycles. The van der Waals surface area contributed by atoms with E-state index in [2.05, 4.69) is 27.6 Å². The fourth-order valence-electron chi connectivity index (χ4n) is 3.39. The number of sulfonamides is 1. The topological polar surface area (TPSA) is 75.3 Å². The Morgan fingerprint density at radius 3 is 2.56 bits per heavy atom. The van der Waals surface area contributed by atoms with Crippen LogP contribution in [0.4, 0.5) is 0 Å². The molecule has 0 aliphatic heterocycles. The molecule has 2 N–H and O–H groups in total. The fourth-order valence-corrected chi connectivity index (χ4v) is 5.24. The zero-order valence-electron chi connectivity index (χ0n) is 15.3. The third-order valence-corrected chi connectivity index (χ3v) is 7.38. The summed E-state index contributed by atoms with van der Waals surface area (Å²) in [7, 11) is -3.50. The van der Waals surface area contributed by atoms with Crippen LogP contribution < -0.4 is 10.0 Å². The number of hydrogen-bond acceptors (Lipinski definition) is 5. The smallest absolute Gasteiger partial charge is 0.240 e. The summed E-state index contributed by atoms with van der Waals surface area (Å²) in [4.78, 5) is 14.0. The molecule has 1 aliphatic rings. The highest BCUT2D eigenvalue weighted by molar-refractivity contribution is 7.89. The summed E-state index contributed by atoms with van der Waals surface area (Å²) >= 11 is 1.75. The molecule has 3 rings (SSSR count). The van der Waals surface area contributed by atoms with Crippen LogP contribution >= 0.6 is 11.3 Å². The summed E-state index contributed by atoms with van der Waals surface area (Å²) in [6, 6.07) is 12.5. The molecule has 7 heteroatoms. The van der Waals surface area contributed by atoms with Gasteiger partial charge in [0.2, 0.25) is 10.0 Å². The van der Waals surface area contributed by atoms with Crippen LogP contribution in [-0.2, 0) is 21.2 Å². The molecule has 1 saturated carbocycles. The molecule has 1 fully saturated rings. The Kier molecular flexibility index (Phi) is 7.18. The van der Waals surface area contributed by atoms with E-state index in [-0.39, 0.29) is 22.5 Å². The van der Waals surface area contributed by atoms with Crippen LogP contribution in [-0.4, -0.2) is 33.8 Å². The molecule has 0 bridgehead atoms. The molecule has 0 amide bonds. The summed E-state index contributed by atoms with van der Waals surface area (Å²) in [5.74, 6) is 0.377. The van der Waals surface area contributed by atoms with Crippen molar-refractivity contribution in [1.82, 2.24) is 10.0 Å². The Hall–Kier alpha value is -1.54. The van der Waals surface area contributed by atoms with Gasteiger partial charge in [0.15, 0.2) is 0 Å². The van der Waals surface area contributed by atoms with Crippen LogP contribution in [0.5, 0.6) is 0 Å². The highest BCUT2D eigenvalue weighted by atomic mass is 32.2. The van der Waals surface area contributed by atoms with E-state index in [1.807, 2.05) is 0 Å². The predicted octanol–water partition coefficient (Wildman–Crippen LogP) is 2.84. The first kappa shape index (κ1) is 20.2. The second kappa shape index (κ2) is 9.59. The van der Waals surface area contributed by atoms with Gasteiger partial charge < -0.3 is 5.32 Å². The Morgan fingerprint density at radius 1 is 1.04 bits per heavy atom. The average Bonchev–Trinajstić information content (AvgIpc) is 3.19. The Labute approximate surface area is 165 Å². The molecule has 2 unspecified atom stereocenters. The van der Waals surface area contributed by atoms with Gasteiger partial charge in [-0.3, -0.25) is 4.79 Å². The molecular formula is C20H26N2O3S2. The van der Waals surface area contributed by atoms with E-state index in [0.717, 1.165) is 25.8 Å². The lowest BCUT2D eigenvalue weighted by molar-refractivity contribution is -0.125. The first-order chi connectivity index (χ1) is 13.0. The third kappa shape index (κ3) is 5.97. The van der Waals surface area contributed by atoms with E-state index < -0.39 is 10.0 Å². The lowest BCUT2D eigenvalue weighted by Crippen LogP contribution is -2.38. The zero-order chi connectivity index (χ0) is 19.1. The van der Waals surface area contributed by atoms with Gasteiger partial charge in [0.1, 0.15) is 5.78 Å². The van der Waals surface area contributed by atoms with Crippen molar-refractivity contribution in [3.8, 4) is 0 Å². The first-order valence-corrected chi connectivity index (χ1v) is 11.7. The van der Waals surface area contributed by atoms with Crippen LogP contribution in [0.1, 0.15) is 24.1 Å². The monoisotopic (exact) mass is 406 g/mol. The van der Waals surface area contributed by atoms with Gasteiger partial charge in [-0.25, -0.2) is 13.1 Å². The maximum absolute atomic E-state index is 12.4. The van der Waals surface area contributed by atoms with E-state index >= 15 is 0 Å². The van der Waals surface area contributed by atoms with E-state index in [1.165, 1.54) is 4.88 Å². The lowest BCUT2D eigenvalue weighted by Gasteiger charge is -2.27. The number of Topliss-reactive ketones (excluding diaryl/α,β-unsaturated/α-hetero) is 1. The van der Waals surface area contributed by atoms with Crippen molar-refractivity contribution in [3.63, 3.8) is 0 Å². The van der Waals surface area contributed by atoms with E-state index in [1.54, 1.807) is 41.7 Å². The summed E-state index contributed by atoms with van der Waals surface area (Å²) in [6.45, 7) is 1.92. The number of carbonyl (C=O) groups is 1. The molecule has 27 heavy (non-hydrogen) atoms. The molecule has 0 radical (unpaired) electrons. The van der Waals surface area contributed by atoms with Crippen molar-refractivity contribution in [1.29, 1.82) is 0 Å². The molecule has 146 valence electrons. The minimum Gasteiger partial charge on any atom is -0.316 e. The van der Waals surface area contributed by atoms with E-state index in [0.29, 0.717) is 19.5 Å². The normalized spacial score (nSPS) is 20.7. The van der Waals surface area contributed by atoms with Crippen molar-refractivity contribution >= 4 is 27.1 Å². The number of ketones is 1. The van der Waals surface area contributed by atoms with Gasteiger partial charge in [0, 0.05) is 30.3 Å². The van der Waals surface area contributed by atoms with Crippen molar-refractivity contribution < 1.29 is 13.2 Å². The summed E-state index contributed by atoms with van der Waals surface area (Å²) < 4.78 is 27.2. The molecule has 2 atom stereocenters. The maximum Gasteiger partial charge on any atom is 0.240 e. The van der Waals surface area contributed by atoms with Gasteiger partial charge >= 0.3 is 0 Å². The highest BCUT2D eigenvalue weighted by Crippen LogP contribution is 2.25. The molecule has 0 saturated heterocycles. The summed E-state index contributed by atoms with van der Waals surface area (Å²) in [5, 5.41) is 5.47. The van der Waals surface area contributed by atoms with Gasteiger partial charge in [-0.05, 0) is 55.3 Å². The van der Waals surface area contributed by atoms with Crippen LogP contribution in [0.3, 0.4) is 0 Å². The van der Waals surface area contributed by atoms with Gasteiger partial charge in [0.25, 0.3) is 0 Å². The molecule has 1 aliphatic carbocycles. The van der Waals surface area contributed by atoms with Gasteiger partial charge in [-0.2, -0.15) is 0 Å².